The van der Waals surface area contributed by atoms with E-state index in [2.05, 4.69) is 63.2 Å². The molecule has 0 aromatic heterocycles. The molecule has 0 aliphatic carbocycles. The second-order valence-corrected chi connectivity index (χ2v) is 8.03. The molecule has 1 atom stereocenters. The monoisotopic (exact) mass is 379 g/mol. The summed E-state index contributed by atoms with van der Waals surface area (Å²) in [6, 6.07) is 20.0. The Labute approximate surface area is 169 Å². The van der Waals surface area contributed by atoms with Gasteiger partial charge in [0.25, 0.3) is 0 Å². The molecule has 0 radical (unpaired) electrons. The molecule has 2 aromatic rings. The fraction of sp³-hybridized carbons (Fsp3) is 0.500. The first-order valence-electron chi connectivity index (χ1n) is 10.7. The average molecular weight is 380 g/mol. The number of ether oxygens (including phenoxy) is 1. The first kappa shape index (κ1) is 19.3. The zero-order valence-electron chi connectivity index (χ0n) is 17.1. The Morgan fingerprint density at radius 3 is 2.43 bits per heavy atom. The van der Waals surface area contributed by atoms with Gasteiger partial charge in [0.2, 0.25) is 0 Å². The lowest BCUT2D eigenvalue weighted by Gasteiger charge is -2.44. The lowest BCUT2D eigenvalue weighted by Crippen LogP contribution is -2.55. The third kappa shape index (κ3) is 4.68. The molecule has 4 heteroatoms. The van der Waals surface area contributed by atoms with Crippen molar-refractivity contribution in [3.63, 3.8) is 0 Å². The quantitative estimate of drug-likeness (QED) is 0.764. The first-order chi connectivity index (χ1) is 13.8. The van der Waals surface area contributed by atoms with Gasteiger partial charge in [0.15, 0.2) is 0 Å². The number of hydrogen-bond donors (Lipinski definition) is 0. The van der Waals surface area contributed by atoms with Gasteiger partial charge in [-0.25, -0.2) is 0 Å². The van der Waals surface area contributed by atoms with Crippen LogP contribution in [0.5, 0.6) is 5.75 Å². The van der Waals surface area contributed by atoms with Crippen molar-refractivity contribution in [2.75, 3.05) is 57.8 Å². The van der Waals surface area contributed by atoms with E-state index in [9.17, 15) is 0 Å². The van der Waals surface area contributed by atoms with Crippen LogP contribution < -0.4 is 9.64 Å². The summed E-state index contributed by atoms with van der Waals surface area (Å²) in [7, 11) is 1.77. The molecule has 4 nitrogen and oxygen atoms in total. The van der Waals surface area contributed by atoms with Gasteiger partial charge < -0.3 is 14.5 Å². The van der Waals surface area contributed by atoms with E-state index in [1.54, 1.807) is 7.11 Å². The number of benzene rings is 2. The molecule has 150 valence electrons. The summed E-state index contributed by atoms with van der Waals surface area (Å²) in [5, 5.41) is 0. The molecule has 0 bridgehead atoms. The van der Waals surface area contributed by atoms with Crippen LogP contribution in [-0.4, -0.2) is 68.8 Å². The Kier molecular flexibility index (Phi) is 6.50. The molecule has 0 N–H and O–H groups in total. The van der Waals surface area contributed by atoms with Crippen LogP contribution in [0.3, 0.4) is 0 Å². The normalized spacial score (nSPS) is 21.6. The van der Waals surface area contributed by atoms with E-state index in [-0.39, 0.29) is 0 Å². The second-order valence-electron chi connectivity index (χ2n) is 8.03. The van der Waals surface area contributed by atoms with Crippen molar-refractivity contribution in [2.45, 2.75) is 25.3 Å². The lowest BCUT2D eigenvalue weighted by atomic mass is 10.0. The molecule has 1 unspecified atom stereocenters. The Balaban J connectivity index is 1.28. The van der Waals surface area contributed by atoms with Crippen molar-refractivity contribution in [1.29, 1.82) is 0 Å². The molecule has 2 aromatic carbocycles. The standard InChI is InChI=1S/C24H33N3O/c1-28-24-12-6-5-11-23(24)27-18-16-26(17-19-27)22-10-7-14-25(20-22)15-13-21-8-3-2-4-9-21/h2-6,8-9,11-12,22H,7,10,13-20H2,1H3. The van der Waals surface area contributed by atoms with E-state index in [0.29, 0.717) is 6.04 Å². The van der Waals surface area contributed by atoms with Crippen LogP contribution in [0.15, 0.2) is 54.6 Å². The van der Waals surface area contributed by atoms with Gasteiger partial charge in [-0.3, -0.25) is 4.90 Å². The smallest absolute Gasteiger partial charge is 0.142 e. The molecule has 2 aliphatic heterocycles. The second kappa shape index (κ2) is 9.44. The predicted molar refractivity (Wildman–Crippen MR) is 116 cm³/mol. The highest BCUT2D eigenvalue weighted by molar-refractivity contribution is 5.58. The molecule has 4 rings (SSSR count). The molecule has 2 aliphatic rings. The highest BCUT2D eigenvalue weighted by atomic mass is 16.5. The molecule has 0 saturated carbocycles. The van der Waals surface area contributed by atoms with Gasteiger partial charge in [0.05, 0.1) is 12.8 Å². The number of nitrogens with zero attached hydrogens (tertiary/aromatic N) is 3. The van der Waals surface area contributed by atoms with Gasteiger partial charge in [-0.2, -0.15) is 0 Å². The van der Waals surface area contributed by atoms with Crippen LogP contribution in [0.2, 0.25) is 0 Å². The summed E-state index contributed by atoms with van der Waals surface area (Å²) in [5.74, 6) is 0.987. The van der Waals surface area contributed by atoms with Crippen LogP contribution >= 0.6 is 0 Å². The number of anilines is 1. The molecule has 0 spiro atoms. The number of piperidine rings is 1. The van der Waals surface area contributed by atoms with Crippen molar-refractivity contribution < 1.29 is 4.74 Å². The zero-order valence-corrected chi connectivity index (χ0v) is 17.1. The van der Waals surface area contributed by atoms with Crippen molar-refractivity contribution in [1.82, 2.24) is 9.80 Å². The van der Waals surface area contributed by atoms with E-state index in [1.807, 2.05) is 6.07 Å². The molecule has 28 heavy (non-hydrogen) atoms. The summed E-state index contributed by atoms with van der Waals surface area (Å²) < 4.78 is 5.56. The molecular formula is C24H33N3O. The van der Waals surface area contributed by atoms with Crippen LogP contribution in [0.25, 0.3) is 0 Å². The third-order valence-electron chi connectivity index (χ3n) is 6.30. The minimum atomic E-state index is 0.712. The Morgan fingerprint density at radius 1 is 0.893 bits per heavy atom. The molecule has 2 heterocycles. The minimum Gasteiger partial charge on any atom is -0.495 e. The van der Waals surface area contributed by atoms with Gasteiger partial charge in [0, 0.05) is 45.3 Å². The average Bonchev–Trinajstić information content (AvgIpc) is 2.79. The summed E-state index contributed by atoms with van der Waals surface area (Å²) in [5.41, 5.74) is 2.69. The van der Waals surface area contributed by atoms with Crippen LogP contribution in [0, 0.1) is 0 Å². The lowest BCUT2D eigenvalue weighted by molar-refractivity contribution is 0.0932. The maximum Gasteiger partial charge on any atom is 0.142 e. The molecular weight excluding hydrogens is 346 g/mol. The molecule has 0 amide bonds. The number of rotatable bonds is 6. The number of para-hydroxylation sites is 2. The van der Waals surface area contributed by atoms with Crippen LogP contribution in [0.4, 0.5) is 5.69 Å². The van der Waals surface area contributed by atoms with E-state index < -0.39 is 0 Å². The van der Waals surface area contributed by atoms with Crippen molar-refractivity contribution in [3.05, 3.63) is 60.2 Å². The van der Waals surface area contributed by atoms with Crippen molar-refractivity contribution >= 4 is 5.69 Å². The number of methoxy groups -OCH3 is 1. The Hall–Kier alpha value is -2.04. The molecule has 2 saturated heterocycles. The van der Waals surface area contributed by atoms with Gasteiger partial charge in [-0.15, -0.1) is 0 Å². The maximum atomic E-state index is 5.56. The Morgan fingerprint density at radius 2 is 1.64 bits per heavy atom. The first-order valence-corrected chi connectivity index (χ1v) is 10.7. The predicted octanol–water partition coefficient (Wildman–Crippen LogP) is 3.52. The molecule has 2 fully saturated rings. The number of piperazine rings is 1. The van der Waals surface area contributed by atoms with E-state index in [1.165, 1.54) is 43.7 Å². The van der Waals surface area contributed by atoms with E-state index >= 15 is 0 Å². The maximum absolute atomic E-state index is 5.56. The van der Waals surface area contributed by atoms with Crippen LogP contribution in [-0.2, 0) is 6.42 Å². The van der Waals surface area contributed by atoms with Gasteiger partial charge >= 0.3 is 0 Å². The third-order valence-corrected chi connectivity index (χ3v) is 6.30. The van der Waals surface area contributed by atoms with Crippen LogP contribution in [0.1, 0.15) is 18.4 Å². The SMILES string of the molecule is COc1ccccc1N1CCN(C2CCCN(CCc3ccccc3)C2)CC1. The Bertz CT molecular complexity index is 728. The number of hydrogen-bond acceptors (Lipinski definition) is 4. The van der Waals surface area contributed by atoms with Gasteiger partial charge in [-0.05, 0) is 43.5 Å². The fourth-order valence-corrected chi connectivity index (χ4v) is 4.68. The zero-order chi connectivity index (χ0) is 19.2. The summed E-state index contributed by atoms with van der Waals surface area (Å²) in [4.78, 5) is 7.87. The number of likely N-dealkylation sites (tertiary alicyclic amines) is 1. The fourth-order valence-electron chi connectivity index (χ4n) is 4.68. The van der Waals surface area contributed by atoms with Gasteiger partial charge in [0.1, 0.15) is 5.75 Å². The van der Waals surface area contributed by atoms with Gasteiger partial charge in [-0.1, -0.05) is 42.5 Å². The summed E-state index contributed by atoms with van der Waals surface area (Å²) in [6.45, 7) is 8.12. The largest absolute Gasteiger partial charge is 0.495 e. The summed E-state index contributed by atoms with van der Waals surface area (Å²) in [6.07, 6.45) is 3.83. The minimum absolute atomic E-state index is 0.712. The van der Waals surface area contributed by atoms with Crippen molar-refractivity contribution in [3.8, 4) is 5.75 Å². The van der Waals surface area contributed by atoms with E-state index in [0.717, 1.165) is 38.3 Å². The topological polar surface area (TPSA) is 19.0 Å². The summed E-state index contributed by atoms with van der Waals surface area (Å²) >= 11 is 0. The van der Waals surface area contributed by atoms with E-state index in [4.69, 9.17) is 4.74 Å². The highest BCUT2D eigenvalue weighted by Crippen LogP contribution is 2.29. The highest BCUT2D eigenvalue weighted by Gasteiger charge is 2.28. The van der Waals surface area contributed by atoms with Crippen molar-refractivity contribution in [2.24, 2.45) is 0 Å².